The molecular weight excluding hydrogens is 300 g/mol. The Bertz CT molecular complexity index is 527. The molecule has 1 heterocycles. The molecule has 0 saturated carbocycles. The second-order valence-electron chi connectivity index (χ2n) is 4.87. The SMILES string of the molecule is O=S(=O)(NC(CO)c1ccc(Cl)cc1)N1CCCCC1. The van der Waals surface area contributed by atoms with Gasteiger partial charge in [0.1, 0.15) is 0 Å². The third kappa shape index (κ3) is 3.93. The number of nitrogens with zero attached hydrogens (tertiary/aromatic N) is 1. The van der Waals surface area contributed by atoms with Gasteiger partial charge in [-0.05, 0) is 30.5 Å². The molecule has 2 N–H and O–H groups in total. The molecule has 1 saturated heterocycles. The average molecular weight is 319 g/mol. The Morgan fingerprint density at radius 2 is 1.80 bits per heavy atom. The van der Waals surface area contributed by atoms with Gasteiger partial charge in [0.2, 0.25) is 0 Å². The Labute approximate surface area is 124 Å². The van der Waals surface area contributed by atoms with Crippen molar-refractivity contribution in [3.8, 4) is 0 Å². The zero-order valence-electron chi connectivity index (χ0n) is 11.1. The van der Waals surface area contributed by atoms with Crippen LogP contribution in [0.2, 0.25) is 5.02 Å². The molecule has 0 spiro atoms. The third-order valence-electron chi connectivity index (χ3n) is 3.40. The van der Waals surface area contributed by atoms with E-state index in [1.165, 1.54) is 4.31 Å². The van der Waals surface area contributed by atoms with Gasteiger partial charge >= 0.3 is 0 Å². The molecule has 2 rings (SSSR count). The van der Waals surface area contributed by atoms with Crippen LogP contribution in [-0.4, -0.2) is 37.5 Å². The summed E-state index contributed by atoms with van der Waals surface area (Å²) in [7, 11) is -3.56. The third-order valence-corrected chi connectivity index (χ3v) is 5.28. The molecule has 1 aromatic carbocycles. The van der Waals surface area contributed by atoms with Gasteiger partial charge in [-0.25, -0.2) is 0 Å². The molecule has 1 aliphatic heterocycles. The van der Waals surface area contributed by atoms with Crippen molar-refractivity contribution in [2.45, 2.75) is 25.3 Å². The maximum absolute atomic E-state index is 12.3. The number of piperidine rings is 1. The van der Waals surface area contributed by atoms with Gasteiger partial charge < -0.3 is 5.11 Å². The molecule has 1 unspecified atom stereocenters. The second kappa shape index (κ2) is 6.87. The number of hydrogen-bond donors (Lipinski definition) is 2. The van der Waals surface area contributed by atoms with E-state index in [0.29, 0.717) is 23.7 Å². The van der Waals surface area contributed by atoms with Gasteiger partial charge in [0.25, 0.3) is 10.2 Å². The Kier molecular flexibility index (Phi) is 5.40. The molecule has 0 aliphatic carbocycles. The fraction of sp³-hybridized carbons (Fsp3) is 0.538. The fourth-order valence-corrected chi connectivity index (χ4v) is 3.85. The van der Waals surface area contributed by atoms with E-state index in [1.54, 1.807) is 24.3 Å². The number of aliphatic hydroxyl groups excluding tert-OH is 1. The summed E-state index contributed by atoms with van der Waals surface area (Å²) in [5.41, 5.74) is 0.692. The van der Waals surface area contributed by atoms with Crippen molar-refractivity contribution in [2.75, 3.05) is 19.7 Å². The van der Waals surface area contributed by atoms with Crippen LogP contribution in [0.3, 0.4) is 0 Å². The van der Waals surface area contributed by atoms with E-state index in [1.807, 2.05) is 0 Å². The van der Waals surface area contributed by atoms with Crippen LogP contribution in [0.15, 0.2) is 24.3 Å². The minimum Gasteiger partial charge on any atom is -0.394 e. The Morgan fingerprint density at radius 3 is 2.35 bits per heavy atom. The quantitative estimate of drug-likeness (QED) is 0.868. The van der Waals surface area contributed by atoms with Crippen LogP contribution in [0.25, 0.3) is 0 Å². The predicted octanol–water partition coefficient (Wildman–Crippen LogP) is 1.69. The molecular formula is C13H19ClN2O3S. The van der Waals surface area contributed by atoms with E-state index < -0.39 is 16.3 Å². The van der Waals surface area contributed by atoms with Gasteiger partial charge in [0, 0.05) is 18.1 Å². The van der Waals surface area contributed by atoms with Gasteiger partial charge in [-0.15, -0.1) is 0 Å². The number of hydrogen-bond acceptors (Lipinski definition) is 3. The van der Waals surface area contributed by atoms with Crippen LogP contribution in [-0.2, 0) is 10.2 Å². The molecule has 112 valence electrons. The van der Waals surface area contributed by atoms with Crippen molar-refractivity contribution < 1.29 is 13.5 Å². The minimum absolute atomic E-state index is 0.297. The van der Waals surface area contributed by atoms with E-state index in [-0.39, 0.29) is 6.61 Å². The molecule has 1 fully saturated rings. The van der Waals surface area contributed by atoms with E-state index in [0.717, 1.165) is 19.3 Å². The zero-order valence-corrected chi connectivity index (χ0v) is 12.7. The lowest BCUT2D eigenvalue weighted by molar-refractivity contribution is 0.254. The van der Waals surface area contributed by atoms with Crippen molar-refractivity contribution in [3.63, 3.8) is 0 Å². The highest BCUT2D eigenvalue weighted by Gasteiger charge is 2.27. The van der Waals surface area contributed by atoms with E-state index in [4.69, 9.17) is 11.6 Å². The Balaban J connectivity index is 2.10. The molecule has 1 aromatic rings. The molecule has 5 nitrogen and oxygen atoms in total. The number of halogens is 1. The number of benzene rings is 1. The largest absolute Gasteiger partial charge is 0.394 e. The molecule has 0 aromatic heterocycles. The van der Waals surface area contributed by atoms with Crippen molar-refractivity contribution in [3.05, 3.63) is 34.9 Å². The summed E-state index contributed by atoms with van der Waals surface area (Å²) in [6.45, 7) is 0.775. The summed E-state index contributed by atoms with van der Waals surface area (Å²) >= 11 is 5.80. The van der Waals surface area contributed by atoms with Gasteiger partial charge in [0.05, 0.1) is 12.6 Å². The molecule has 1 aliphatic rings. The monoisotopic (exact) mass is 318 g/mol. The van der Waals surface area contributed by atoms with E-state index in [9.17, 15) is 13.5 Å². The van der Waals surface area contributed by atoms with Crippen molar-refractivity contribution in [1.82, 2.24) is 9.03 Å². The van der Waals surface area contributed by atoms with Crippen LogP contribution < -0.4 is 4.72 Å². The summed E-state index contributed by atoms with van der Waals surface area (Å²) in [5, 5.41) is 10.0. The van der Waals surface area contributed by atoms with Gasteiger partial charge in [-0.3, -0.25) is 0 Å². The van der Waals surface area contributed by atoms with Gasteiger partial charge in [-0.2, -0.15) is 17.4 Å². The average Bonchev–Trinajstić information content (AvgIpc) is 2.47. The van der Waals surface area contributed by atoms with Crippen LogP contribution in [0, 0.1) is 0 Å². The number of aliphatic hydroxyl groups is 1. The first kappa shape index (κ1) is 15.7. The maximum atomic E-state index is 12.3. The number of nitrogens with one attached hydrogen (secondary N) is 1. The Hall–Kier alpha value is -0.660. The van der Waals surface area contributed by atoms with Crippen molar-refractivity contribution >= 4 is 21.8 Å². The molecule has 0 amide bonds. The van der Waals surface area contributed by atoms with E-state index >= 15 is 0 Å². The normalized spacial score (nSPS) is 18.9. The first-order chi connectivity index (χ1) is 9.53. The summed E-state index contributed by atoms with van der Waals surface area (Å²) in [4.78, 5) is 0. The van der Waals surface area contributed by atoms with Gasteiger partial charge in [-0.1, -0.05) is 30.2 Å². The van der Waals surface area contributed by atoms with Crippen LogP contribution >= 0.6 is 11.6 Å². The first-order valence-corrected chi connectivity index (χ1v) is 8.48. The maximum Gasteiger partial charge on any atom is 0.280 e. The second-order valence-corrected chi connectivity index (χ2v) is 7.01. The van der Waals surface area contributed by atoms with Crippen molar-refractivity contribution in [2.24, 2.45) is 0 Å². The fourth-order valence-electron chi connectivity index (χ4n) is 2.27. The summed E-state index contributed by atoms with van der Waals surface area (Å²) in [5.74, 6) is 0. The summed E-state index contributed by atoms with van der Waals surface area (Å²) in [6.07, 6.45) is 2.82. The first-order valence-electron chi connectivity index (χ1n) is 6.66. The minimum atomic E-state index is -3.56. The van der Waals surface area contributed by atoms with Crippen LogP contribution in [0.4, 0.5) is 0 Å². The van der Waals surface area contributed by atoms with Gasteiger partial charge in [0.15, 0.2) is 0 Å². The van der Waals surface area contributed by atoms with Crippen molar-refractivity contribution in [1.29, 1.82) is 0 Å². The Morgan fingerprint density at radius 1 is 1.20 bits per heavy atom. The molecule has 20 heavy (non-hydrogen) atoms. The van der Waals surface area contributed by atoms with E-state index in [2.05, 4.69) is 4.72 Å². The van der Waals surface area contributed by atoms with Crippen LogP contribution in [0.1, 0.15) is 30.9 Å². The molecule has 0 radical (unpaired) electrons. The van der Waals surface area contributed by atoms with Crippen LogP contribution in [0.5, 0.6) is 0 Å². The highest BCUT2D eigenvalue weighted by Crippen LogP contribution is 2.19. The predicted molar refractivity (Wildman–Crippen MR) is 78.8 cm³/mol. The highest BCUT2D eigenvalue weighted by atomic mass is 35.5. The smallest absolute Gasteiger partial charge is 0.280 e. The summed E-state index contributed by atoms with van der Waals surface area (Å²) in [6, 6.07) is 6.12. The lowest BCUT2D eigenvalue weighted by Crippen LogP contribution is -2.45. The molecule has 1 atom stereocenters. The topological polar surface area (TPSA) is 69.6 Å². The lowest BCUT2D eigenvalue weighted by atomic mass is 10.1. The lowest BCUT2D eigenvalue weighted by Gasteiger charge is -2.28. The highest BCUT2D eigenvalue weighted by molar-refractivity contribution is 7.87. The molecule has 0 bridgehead atoms. The standard InChI is InChI=1S/C13H19ClN2O3S/c14-12-6-4-11(5-7-12)13(10-17)15-20(18,19)16-8-2-1-3-9-16/h4-7,13,15,17H,1-3,8-10H2. The molecule has 7 heteroatoms. The summed E-state index contributed by atoms with van der Waals surface area (Å²) < 4.78 is 28.5. The zero-order chi connectivity index (χ0) is 14.6. The number of rotatable bonds is 5.